The average molecular weight is 345 g/mol. The van der Waals surface area contributed by atoms with Crippen molar-refractivity contribution in [2.45, 2.75) is 31.8 Å². The highest BCUT2D eigenvalue weighted by Gasteiger charge is 2.27. The van der Waals surface area contributed by atoms with Gasteiger partial charge in [-0.25, -0.2) is 0 Å². The molecule has 1 saturated heterocycles. The Hall–Kier alpha value is -1.92. The van der Waals surface area contributed by atoms with E-state index in [1.54, 1.807) is 13.3 Å². The van der Waals surface area contributed by atoms with Gasteiger partial charge >= 0.3 is 0 Å². The van der Waals surface area contributed by atoms with E-state index in [-0.39, 0.29) is 11.9 Å². The van der Waals surface area contributed by atoms with E-state index in [0.717, 1.165) is 48.7 Å². The Morgan fingerprint density at radius 1 is 1.42 bits per heavy atom. The third kappa shape index (κ3) is 4.13. The van der Waals surface area contributed by atoms with Crippen molar-refractivity contribution < 1.29 is 9.53 Å². The number of rotatable bonds is 5. The number of hydrogen-bond acceptors (Lipinski definition) is 5. The summed E-state index contributed by atoms with van der Waals surface area (Å²) in [6, 6.07) is 7.91. The van der Waals surface area contributed by atoms with Crippen LogP contribution in [-0.4, -0.2) is 42.0 Å². The fourth-order valence-electron chi connectivity index (χ4n) is 3.02. The molecule has 128 valence electrons. The summed E-state index contributed by atoms with van der Waals surface area (Å²) in [6.45, 7) is 2.52. The molecule has 5 nitrogen and oxygen atoms in total. The number of nitrogens with one attached hydrogen (secondary N) is 1. The van der Waals surface area contributed by atoms with Gasteiger partial charge in [0.15, 0.2) is 0 Å². The topological polar surface area (TPSA) is 54.5 Å². The normalized spacial score (nSPS) is 18.0. The van der Waals surface area contributed by atoms with Gasteiger partial charge in [-0.1, -0.05) is 6.07 Å². The lowest BCUT2D eigenvalue weighted by Gasteiger charge is -2.30. The van der Waals surface area contributed by atoms with E-state index in [1.165, 1.54) is 11.3 Å². The van der Waals surface area contributed by atoms with Gasteiger partial charge in [0.25, 0.3) is 5.91 Å². The quantitative estimate of drug-likeness (QED) is 0.905. The Bertz CT molecular complexity index is 651. The van der Waals surface area contributed by atoms with Crippen LogP contribution in [0.4, 0.5) is 0 Å². The Morgan fingerprint density at radius 3 is 3.08 bits per heavy atom. The molecule has 1 aliphatic rings. The molecule has 2 aromatic heterocycles. The van der Waals surface area contributed by atoms with E-state index in [9.17, 15) is 4.79 Å². The minimum Gasteiger partial charge on any atom is -0.496 e. The predicted octanol–water partition coefficient (Wildman–Crippen LogP) is 2.94. The van der Waals surface area contributed by atoms with Gasteiger partial charge in [0.2, 0.25) is 0 Å². The van der Waals surface area contributed by atoms with Gasteiger partial charge in [-0.2, -0.15) is 0 Å². The van der Waals surface area contributed by atoms with Crippen LogP contribution in [0.2, 0.25) is 0 Å². The number of hydrogen-bond donors (Lipinski definition) is 1. The SMILES string of the molecule is COc1csc(C(=O)N(Cc2ccccn2)C2CCCNCC2)c1. The van der Waals surface area contributed by atoms with Crippen molar-refractivity contribution in [2.75, 3.05) is 20.2 Å². The summed E-state index contributed by atoms with van der Waals surface area (Å²) < 4.78 is 5.23. The van der Waals surface area contributed by atoms with Gasteiger partial charge in [0.05, 0.1) is 24.2 Å². The highest BCUT2D eigenvalue weighted by Crippen LogP contribution is 2.26. The molecule has 0 radical (unpaired) electrons. The second kappa shape index (κ2) is 8.26. The molecule has 0 aliphatic carbocycles. The molecule has 3 rings (SSSR count). The number of carbonyl (C=O) groups is 1. The Balaban J connectivity index is 1.83. The first-order chi connectivity index (χ1) is 11.8. The van der Waals surface area contributed by atoms with Crippen LogP contribution in [0.1, 0.15) is 34.6 Å². The minimum absolute atomic E-state index is 0.0702. The zero-order chi connectivity index (χ0) is 16.8. The van der Waals surface area contributed by atoms with Gasteiger partial charge in [-0.15, -0.1) is 11.3 Å². The van der Waals surface area contributed by atoms with Crippen molar-refractivity contribution in [3.05, 3.63) is 46.4 Å². The van der Waals surface area contributed by atoms with E-state index >= 15 is 0 Å². The van der Waals surface area contributed by atoms with Crippen LogP contribution < -0.4 is 10.1 Å². The van der Waals surface area contributed by atoms with Crippen LogP contribution in [0.25, 0.3) is 0 Å². The highest BCUT2D eigenvalue weighted by atomic mass is 32.1. The third-order valence-electron chi connectivity index (χ3n) is 4.33. The van der Waals surface area contributed by atoms with Gasteiger partial charge in [0.1, 0.15) is 5.75 Å². The minimum atomic E-state index is 0.0702. The molecule has 1 unspecified atom stereocenters. The standard InChI is InChI=1S/C18H23N3O2S/c1-23-16-11-17(24-13-16)18(22)21(12-14-5-2-3-9-20-14)15-6-4-8-19-10-7-15/h2-3,5,9,11,13,15,19H,4,6-8,10,12H2,1H3. The zero-order valence-corrected chi connectivity index (χ0v) is 14.7. The van der Waals surface area contributed by atoms with Crippen molar-refractivity contribution in [1.82, 2.24) is 15.2 Å². The number of nitrogens with zero attached hydrogens (tertiary/aromatic N) is 2. The molecule has 6 heteroatoms. The maximum Gasteiger partial charge on any atom is 0.264 e. The molecule has 3 heterocycles. The summed E-state index contributed by atoms with van der Waals surface area (Å²) in [4.78, 5) is 20.2. The number of methoxy groups -OCH3 is 1. The van der Waals surface area contributed by atoms with E-state index in [1.807, 2.05) is 34.5 Å². The second-order valence-electron chi connectivity index (χ2n) is 5.94. The summed E-state index contributed by atoms with van der Waals surface area (Å²) in [5.41, 5.74) is 0.923. The lowest BCUT2D eigenvalue weighted by atomic mass is 10.1. The summed E-state index contributed by atoms with van der Waals surface area (Å²) in [6.07, 6.45) is 4.86. The molecular formula is C18H23N3O2S. The molecule has 0 bridgehead atoms. The summed E-state index contributed by atoms with van der Waals surface area (Å²) in [7, 11) is 1.62. The monoisotopic (exact) mass is 345 g/mol. The van der Waals surface area contributed by atoms with Gasteiger partial charge in [0, 0.05) is 23.7 Å². The maximum atomic E-state index is 13.1. The molecule has 1 atom stereocenters. The van der Waals surface area contributed by atoms with Crippen molar-refractivity contribution in [3.8, 4) is 5.75 Å². The first-order valence-electron chi connectivity index (χ1n) is 8.32. The molecule has 1 aliphatic heterocycles. The van der Waals surface area contributed by atoms with E-state index in [2.05, 4.69) is 10.3 Å². The highest BCUT2D eigenvalue weighted by molar-refractivity contribution is 7.12. The second-order valence-corrected chi connectivity index (χ2v) is 6.85. The molecule has 1 amide bonds. The van der Waals surface area contributed by atoms with Gasteiger partial charge in [-0.05, 0) is 44.5 Å². The van der Waals surface area contributed by atoms with E-state index < -0.39 is 0 Å². The molecule has 1 N–H and O–H groups in total. The van der Waals surface area contributed by atoms with E-state index in [4.69, 9.17) is 4.74 Å². The van der Waals surface area contributed by atoms with Crippen LogP contribution in [0.15, 0.2) is 35.8 Å². The fraction of sp³-hybridized carbons (Fsp3) is 0.444. The molecule has 0 spiro atoms. The van der Waals surface area contributed by atoms with Gasteiger partial charge in [-0.3, -0.25) is 9.78 Å². The molecular weight excluding hydrogens is 322 g/mol. The Labute approximate surface area is 146 Å². The Morgan fingerprint density at radius 2 is 2.33 bits per heavy atom. The van der Waals surface area contributed by atoms with Gasteiger partial charge < -0.3 is 15.0 Å². The maximum absolute atomic E-state index is 13.1. The number of pyridine rings is 1. The summed E-state index contributed by atoms with van der Waals surface area (Å²) in [5.74, 6) is 0.810. The number of thiophene rings is 1. The van der Waals surface area contributed by atoms with Crippen molar-refractivity contribution in [2.24, 2.45) is 0 Å². The van der Waals surface area contributed by atoms with E-state index in [0.29, 0.717) is 6.54 Å². The predicted molar refractivity (Wildman–Crippen MR) is 95.5 cm³/mol. The van der Waals surface area contributed by atoms with Crippen molar-refractivity contribution in [3.63, 3.8) is 0 Å². The van der Waals surface area contributed by atoms with Crippen LogP contribution in [0, 0.1) is 0 Å². The van der Waals surface area contributed by atoms with Crippen molar-refractivity contribution in [1.29, 1.82) is 0 Å². The van der Waals surface area contributed by atoms with Crippen LogP contribution >= 0.6 is 11.3 Å². The lowest BCUT2D eigenvalue weighted by molar-refractivity contribution is 0.0647. The number of ether oxygens (including phenoxy) is 1. The summed E-state index contributed by atoms with van der Waals surface area (Å²) in [5, 5.41) is 5.29. The number of carbonyl (C=O) groups excluding carboxylic acids is 1. The van der Waals surface area contributed by atoms with Crippen LogP contribution in [-0.2, 0) is 6.54 Å². The van der Waals surface area contributed by atoms with Crippen LogP contribution in [0.3, 0.4) is 0 Å². The molecule has 0 saturated carbocycles. The fourth-order valence-corrected chi connectivity index (χ4v) is 3.83. The van der Waals surface area contributed by atoms with Crippen molar-refractivity contribution >= 4 is 17.2 Å². The first kappa shape index (κ1) is 16.9. The lowest BCUT2D eigenvalue weighted by Crippen LogP contribution is -2.40. The largest absolute Gasteiger partial charge is 0.496 e. The zero-order valence-electron chi connectivity index (χ0n) is 13.9. The molecule has 0 aromatic carbocycles. The third-order valence-corrected chi connectivity index (χ3v) is 5.22. The average Bonchev–Trinajstić information content (AvgIpc) is 2.95. The molecule has 24 heavy (non-hydrogen) atoms. The summed E-state index contributed by atoms with van der Waals surface area (Å²) >= 11 is 1.44. The van der Waals surface area contributed by atoms with Crippen LogP contribution in [0.5, 0.6) is 5.75 Å². The Kier molecular flexibility index (Phi) is 5.82. The molecule has 2 aromatic rings. The number of amides is 1. The first-order valence-corrected chi connectivity index (χ1v) is 9.20. The molecule has 1 fully saturated rings. The smallest absolute Gasteiger partial charge is 0.264 e. The number of aromatic nitrogens is 1.